The monoisotopic (exact) mass is 287 g/mol. The first-order valence-corrected chi connectivity index (χ1v) is 6.29. The van der Waals surface area contributed by atoms with Gasteiger partial charge in [0.15, 0.2) is 0 Å². The van der Waals surface area contributed by atoms with E-state index in [9.17, 15) is 8.78 Å². The minimum Gasteiger partial charge on any atom is -0.419 e. The van der Waals surface area contributed by atoms with Crippen molar-refractivity contribution in [3.63, 3.8) is 0 Å². The first kappa shape index (κ1) is 13.2. The smallest absolute Gasteiger partial charge is 0.247 e. The van der Waals surface area contributed by atoms with E-state index in [2.05, 4.69) is 15.5 Å². The molecule has 3 rings (SSSR count). The van der Waals surface area contributed by atoms with E-state index < -0.39 is 11.6 Å². The highest BCUT2D eigenvalue weighted by Gasteiger charge is 2.09. The van der Waals surface area contributed by atoms with Crippen LogP contribution < -0.4 is 5.32 Å². The molecule has 2 aromatic carbocycles. The third kappa shape index (κ3) is 3.05. The van der Waals surface area contributed by atoms with E-state index in [4.69, 9.17) is 4.42 Å². The van der Waals surface area contributed by atoms with Crippen LogP contribution in [0.2, 0.25) is 0 Å². The summed E-state index contributed by atoms with van der Waals surface area (Å²) in [7, 11) is 0. The molecule has 0 amide bonds. The van der Waals surface area contributed by atoms with E-state index in [1.165, 1.54) is 0 Å². The molecule has 0 aliphatic rings. The third-order valence-corrected chi connectivity index (χ3v) is 2.85. The maximum Gasteiger partial charge on any atom is 0.247 e. The van der Waals surface area contributed by atoms with Gasteiger partial charge in [-0.2, -0.15) is 0 Å². The molecule has 0 atom stereocenters. The van der Waals surface area contributed by atoms with Crippen LogP contribution in [0, 0.1) is 11.6 Å². The number of aromatic nitrogens is 2. The Morgan fingerprint density at radius 1 is 1.00 bits per heavy atom. The highest BCUT2D eigenvalue weighted by atomic mass is 19.1. The van der Waals surface area contributed by atoms with Crippen molar-refractivity contribution >= 4 is 5.69 Å². The molecule has 1 heterocycles. The van der Waals surface area contributed by atoms with Gasteiger partial charge in [-0.05, 0) is 30.3 Å². The van der Waals surface area contributed by atoms with Crippen LogP contribution in [0.25, 0.3) is 11.5 Å². The van der Waals surface area contributed by atoms with Crippen molar-refractivity contribution in [3.05, 3.63) is 66.1 Å². The summed E-state index contributed by atoms with van der Waals surface area (Å²) < 4.78 is 31.9. The van der Waals surface area contributed by atoms with E-state index in [1.807, 2.05) is 30.3 Å². The molecule has 0 spiro atoms. The fourth-order valence-corrected chi connectivity index (χ4v) is 1.83. The van der Waals surface area contributed by atoms with Crippen LogP contribution in [0.4, 0.5) is 14.5 Å². The average Bonchev–Trinajstić information content (AvgIpc) is 2.98. The fraction of sp³-hybridized carbons (Fsp3) is 0.0667. The van der Waals surface area contributed by atoms with Crippen molar-refractivity contribution in [1.29, 1.82) is 0 Å². The molecule has 0 aliphatic heterocycles. The van der Waals surface area contributed by atoms with Crippen molar-refractivity contribution in [1.82, 2.24) is 10.2 Å². The minimum absolute atomic E-state index is 0.0504. The van der Waals surface area contributed by atoms with E-state index in [1.54, 1.807) is 0 Å². The first-order valence-electron chi connectivity index (χ1n) is 6.29. The lowest BCUT2D eigenvalue weighted by atomic mass is 10.2. The molecule has 1 aromatic heterocycles. The van der Waals surface area contributed by atoms with Crippen LogP contribution in [-0.4, -0.2) is 10.2 Å². The molecule has 21 heavy (non-hydrogen) atoms. The van der Waals surface area contributed by atoms with Crippen LogP contribution in [0.15, 0.2) is 52.9 Å². The Balaban J connectivity index is 1.72. The largest absolute Gasteiger partial charge is 0.419 e. The normalized spacial score (nSPS) is 10.6. The Bertz CT molecular complexity index is 744. The van der Waals surface area contributed by atoms with Gasteiger partial charge in [0.25, 0.3) is 0 Å². The topological polar surface area (TPSA) is 51.0 Å². The minimum atomic E-state index is -0.542. The second kappa shape index (κ2) is 5.70. The Labute approximate surface area is 119 Å². The number of hydrogen-bond acceptors (Lipinski definition) is 4. The number of nitrogens with zero attached hydrogens (tertiary/aromatic N) is 2. The van der Waals surface area contributed by atoms with Gasteiger partial charge in [0.05, 0.1) is 12.2 Å². The molecule has 106 valence electrons. The SMILES string of the molecule is Fc1ccc(F)c(NCc2nnc(-c3ccccc3)o2)c1. The van der Waals surface area contributed by atoms with E-state index >= 15 is 0 Å². The molecule has 6 heteroatoms. The van der Waals surface area contributed by atoms with Gasteiger partial charge in [0.2, 0.25) is 11.8 Å². The summed E-state index contributed by atoms with van der Waals surface area (Å²) in [4.78, 5) is 0. The lowest BCUT2D eigenvalue weighted by Gasteiger charge is -2.04. The summed E-state index contributed by atoms with van der Waals surface area (Å²) in [5, 5.41) is 10.5. The molecule has 0 saturated heterocycles. The summed E-state index contributed by atoms with van der Waals surface area (Å²) in [6.45, 7) is 0.111. The van der Waals surface area contributed by atoms with Crippen LogP contribution >= 0.6 is 0 Å². The van der Waals surface area contributed by atoms with Crippen molar-refractivity contribution in [2.75, 3.05) is 5.32 Å². The van der Waals surface area contributed by atoms with Gasteiger partial charge in [-0.15, -0.1) is 10.2 Å². The van der Waals surface area contributed by atoms with E-state index in [-0.39, 0.29) is 18.1 Å². The Morgan fingerprint density at radius 3 is 2.62 bits per heavy atom. The first-order chi connectivity index (χ1) is 10.2. The maximum absolute atomic E-state index is 13.4. The van der Waals surface area contributed by atoms with E-state index in [0.717, 1.165) is 23.8 Å². The Hall–Kier alpha value is -2.76. The number of anilines is 1. The van der Waals surface area contributed by atoms with Gasteiger partial charge in [0.1, 0.15) is 11.6 Å². The van der Waals surface area contributed by atoms with Gasteiger partial charge >= 0.3 is 0 Å². The fourth-order valence-electron chi connectivity index (χ4n) is 1.83. The molecule has 4 nitrogen and oxygen atoms in total. The summed E-state index contributed by atoms with van der Waals surface area (Å²) in [5.74, 6) is -0.391. The lowest BCUT2D eigenvalue weighted by Crippen LogP contribution is -2.02. The quantitative estimate of drug-likeness (QED) is 0.796. The van der Waals surface area contributed by atoms with Crippen LogP contribution in [0.5, 0.6) is 0 Å². The second-order valence-electron chi connectivity index (χ2n) is 4.34. The predicted molar refractivity (Wildman–Crippen MR) is 73.4 cm³/mol. The molecule has 1 N–H and O–H groups in total. The molecule has 0 unspecified atom stereocenters. The zero-order valence-corrected chi connectivity index (χ0v) is 10.9. The summed E-state index contributed by atoms with van der Waals surface area (Å²) in [6, 6.07) is 12.5. The maximum atomic E-state index is 13.4. The number of nitrogens with one attached hydrogen (secondary N) is 1. The van der Waals surface area contributed by atoms with Gasteiger partial charge in [-0.3, -0.25) is 0 Å². The number of benzene rings is 2. The zero-order valence-electron chi connectivity index (χ0n) is 10.9. The number of halogens is 2. The summed E-state index contributed by atoms with van der Waals surface area (Å²) in [5.41, 5.74) is 0.850. The number of rotatable bonds is 4. The van der Waals surface area contributed by atoms with Gasteiger partial charge in [-0.1, -0.05) is 18.2 Å². The number of hydrogen-bond donors (Lipinski definition) is 1. The van der Waals surface area contributed by atoms with Crippen LogP contribution in [0.3, 0.4) is 0 Å². The molecule has 0 aliphatic carbocycles. The van der Waals surface area contributed by atoms with Gasteiger partial charge in [0, 0.05) is 5.56 Å². The molecule has 0 saturated carbocycles. The standard InChI is InChI=1S/C15H11F2N3O/c16-11-6-7-12(17)13(8-11)18-9-14-19-20-15(21-14)10-4-2-1-3-5-10/h1-8,18H,9H2. The molecular weight excluding hydrogens is 276 g/mol. The van der Waals surface area contributed by atoms with Crippen molar-refractivity contribution < 1.29 is 13.2 Å². The Kier molecular flexibility index (Phi) is 3.59. The zero-order chi connectivity index (χ0) is 14.7. The molecule has 0 fully saturated rings. The van der Waals surface area contributed by atoms with Crippen molar-refractivity contribution in [3.8, 4) is 11.5 Å². The van der Waals surface area contributed by atoms with E-state index in [0.29, 0.717) is 5.89 Å². The van der Waals surface area contributed by atoms with Crippen LogP contribution in [0.1, 0.15) is 5.89 Å². The van der Waals surface area contributed by atoms with Crippen LogP contribution in [-0.2, 0) is 6.54 Å². The highest BCUT2D eigenvalue weighted by Crippen LogP contribution is 2.19. The molecule has 0 radical (unpaired) electrons. The summed E-state index contributed by atoms with van der Waals surface area (Å²) >= 11 is 0. The summed E-state index contributed by atoms with van der Waals surface area (Å²) in [6.07, 6.45) is 0. The molecule has 0 bridgehead atoms. The molecule has 3 aromatic rings. The second-order valence-corrected chi connectivity index (χ2v) is 4.34. The average molecular weight is 287 g/mol. The van der Waals surface area contributed by atoms with Crippen molar-refractivity contribution in [2.24, 2.45) is 0 Å². The predicted octanol–water partition coefficient (Wildman–Crippen LogP) is 3.63. The van der Waals surface area contributed by atoms with Gasteiger partial charge in [-0.25, -0.2) is 8.78 Å². The highest BCUT2D eigenvalue weighted by molar-refractivity contribution is 5.52. The lowest BCUT2D eigenvalue weighted by molar-refractivity contribution is 0.514. The third-order valence-electron chi connectivity index (χ3n) is 2.85. The van der Waals surface area contributed by atoms with Gasteiger partial charge < -0.3 is 9.73 Å². The molecular formula is C15H11F2N3O. The Morgan fingerprint density at radius 2 is 1.81 bits per heavy atom. The van der Waals surface area contributed by atoms with Crippen molar-refractivity contribution in [2.45, 2.75) is 6.54 Å².